The number of fused-ring (bicyclic) bond motifs is 3. The monoisotopic (exact) mass is 334 g/mol. The highest BCUT2D eigenvalue weighted by Crippen LogP contribution is 2.71. The van der Waals surface area contributed by atoms with Gasteiger partial charge in [0.25, 0.3) is 0 Å². The molecule has 4 aliphatic rings. The van der Waals surface area contributed by atoms with Crippen molar-refractivity contribution in [2.75, 3.05) is 0 Å². The number of aliphatic hydroxyl groups excluding tert-OH is 2. The molecule has 0 saturated heterocycles. The number of carbonyl (C=O) groups is 1. The number of aliphatic hydroxyl groups is 3. The Kier molecular flexibility index (Phi) is 3.15. The van der Waals surface area contributed by atoms with E-state index in [0.717, 1.165) is 12.8 Å². The molecular weight excluding hydrogens is 304 g/mol. The lowest BCUT2D eigenvalue weighted by atomic mass is 9.40. The molecule has 4 aliphatic carbocycles. The smallest absolute Gasteiger partial charge is 0.167 e. The quantitative estimate of drug-likeness (QED) is 0.594. The molecule has 3 N–H and O–H groups in total. The molecular formula is C20H30O4. The van der Waals surface area contributed by atoms with E-state index in [0.29, 0.717) is 24.8 Å². The molecule has 1 spiro atoms. The first-order valence-corrected chi connectivity index (χ1v) is 9.32. The molecule has 4 rings (SSSR count). The zero-order chi connectivity index (χ0) is 17.7. The highest BCUT2D eigenvalue weighted by molar-refractivity contribution is 6.05. The lowest BCUT2D eigenvalue weighted by molar-refractivity contribution is -0.218. The Hall–Kier alpha value is -0.710. The maximum Gasteiger partial charge on any atom is 0.167 e. The molecule has 7 atom stereocenters. The van der Waals surface area contributed by atoms with Crippen molar-refractivity contribution in [2.24, 2.45) is 28.1 Å². The van der Waals surface area contributed by atoms with E-state index in [9.17, 15) is 20.1 Å². The number of hydrogen-bond acceptors (Lipinski definition) is 4. The Bertz CT molecular complexity index is 625. The Morgan fingerprint density at radius 1 is 1.12 bits per heavy atom. The fourth-order valence-electron chi connectivity index (χ4n) is 7.48. The molecule has 0 radical (unpaired) electrons. The van der Waals surface area contributed by atoms with Gasteiger partial charge in [-0.3, -0.25) is 4.79 Å². The molecule has 0 aromatic carbocycles. The Morgan fingerprint density at radius 2 is 1.79 bits per heavy atom. The SMILES string of the molecule is C=C1C(=O)[C@@]23CC[C@@H]4C(C)(C)C(O)CCC4(C)[C@@H]2[C@@H](O)C[C@]1(O)C3. The Morgan fingerprint density at radius 3 is 2.46 bits per heavy atom. The fourth-order valence-corrected chi connectivity index (χ4v) is 7.48. The zero-order valence-electron chi connectivity index (χ0n) is 15.0. The third-order valence-corrected chi connectivity index (χ3v) is 8.52. The summed E-state index contributed by atoms with van der Waals surface area (Å²) in [6, 6.07) is 0. The van der Waals surface area contributed by atoms with Gasteiger partial charge in [-0.1, -0.05) is 27.4 Å². The van der Waals surface area contributed by atoms with E-state index in [1.807, 2.05) is 0 Å². The summed E-state index contributed by atoms with van der Waals surface area (Å²) in [6.07, 6.45) is 2.69. The average Bonchev–Trinajstić information content (AvgIpc) is 2.61. The van der Waals surface area contributed by atoms with Gasteiger partial charge in [0.05, 0.1) is 17.8 Å². The van der Waals surface area contributed by atoms with E-state index in [2.05, 4.69) is 27.4 Å². The van der Waals surface area contributed by atoms with Gasteiger partial charge >= 0.3 is 0 Å². The van der Waals surface area contributed by atoms with Crippen LogP contribution in [0.2, 0.25) is 0 Å². The molecule has 134 valence electrons. The molecule has 0 heterocycles. The third-order valence-electron chi connectivity index (χ3n) is 8.52. The standard InChI is InChI=1S/C20H30O4/c1-11-16(23)19-8-5-13-17(2,3)14(22)6-7-18(13,4)15(19)12(21)9-20(11,24)10-19/h12-15,21-22,24H,1,5-10H2,2-4H3/t12-,13+,14?,15-,18?,19+,20-/m0/s1. The van der Waals surface area contributed by atoms with Crippen LogP contribution < -0.4 is 0 Å². The van der Waals surface area contributed by atoms with Crippen molar-refractivity contribution in [3.05, 3.63) is 12.2 Å². The van der Waals surface area contributed by atoms with Gasteiger partial charge in [-0.15, -0.1) is 0 Å². The first kappa shape index (κ1) is 16.7. The van der Waals surface area contributed by atoms with Gasteiger partial charge in [0.2, 0.25) is 0 Å². The van der Waals surface area contributed by atoms with Crippen LogP contribution in [0.3, 0.4) is 0 Å². The predicted molar refractivity (Wildman–Crippen MR) is 90.1 cm³/mol. The van der Waals surface area contributed by atoms with Gasteiger partial charge < -0.3 is 15.3 Å². The minimum absolute atomic E-state index is 0.0184. The van der Waals surface area contributed by atoms with Crippen LogP contribution >= 0.6 is 0 Å². The maximum atomic E-state index is 13.1. The van der Waals surface area contributed by atoms with Crippen molar-refractivity contribution in [3.63, 3.8) is 0 Å². The summed E-state index contributed by atoms with van der Waals surface area (Å²) in [6.45, 7) is 10.3. The van der Waals surface area contributed by atoms with E-state index in [4.69, 9.17) is 0 Å². The van der Waals surface area contributed by atoms with E-state index in [1.165, 1.54) is 0 Å². The normalized spacial score (nSPS) is 55.9. The lowest BCUT2D eigenvalue weighted by Gasteiger charge is -2.65. The van der Waals surface area contributed by atoms with Crippen molar-refractivity contribution in [1.82, 2.24) is 0 Å². The molecule has 0 amide bonds. The second-order valence-electron chi connectivity index (χ2n) is 9.89. The van der Waals surface area contributed by atoms with E-state index >= 15 is 0 Å². The second-order valence-corrected chi connectivity index (χ2v) is 9.89. The van der Waals surface area contributed by atoms with E-state index in [-0.39, 0.29) is 41.0 Å². The van der Waals surface area contributed by atoms with Gasteiger partial charge in [-0.2, -0.15) is 0 Å². The van der Waals surface area contributed by atoms with Gasteiger partial charge in [0, 0.05) is 23.3 Å². The Balaban J connectivity index is 1.84. The summed E-state index contributed by atoms with van der Waals surface area (Å²) < 4.78 is 0. The van der Waals surface area contributed by atoms with Crippen LogP contribution in [0.1, 0.15) is 59.3 Å². The van der Waals surface area contributed by atoms with Gasteiger partial charge in [-0.25, -0.2) is 0 Å². The summed E-state index contributed by atoms with van der Waals surface area (Å²) in [5.74, 6) is 0.101. The van der Waals surface area contributed by atoms with Crippen molar-refractivity contribution in [3.8, 4) is 0 Å². The molecule has 4 nitrogen and oxygen atoms in total. The van der Waals surface area contributed by atoms with E-state index in [1.54, 1.807) is 0 Å². The van der Waals surface area contributed by atoms with Crippen LogP contribution in [0.5, 0.6) is 0 Å². The first-order valence-electron chi connectivity index (χ1n) is 9.32. The molecule has 4 heteroatoms. The molecule has 0 aliphatic heterocycles. The topological polar surface area (TPSA) is 77.8 Å². The first-order chi connectivity index (χ1) is 11.0. The Labute approximate surface area is 144 Å². The van der Waals surface area contributed by atoms with Gasteiger partial charge in [-0.05, 0) is 48.9 Å². The highest BCUT2D eigenvalue weighted by atomic mass is 16.3. The van der Waals surface area contributed by atoms with Crippen LogP contribution in [0.4, 0.5) is 0 Å². The van der Waals surface area contributed by atoms with Crippen molar-refractivity contribution >= 4 is 5.78 Å². The average molecular weight is 334 g/mol. The number of hydrogen-bond donors (Lipinski definition) is 3. The molecule has 24 heavy (non-hydrogen) atoms. The molecule has 0 aromatic heterocycles. The van der Waals surface area contributed by atoms with Crippen LogP contribution in [-0.4, -0.2) is 38.9 Å². The molecule has 4 fully saturated rings. The van der Waals surface area contributed by atoms with Gasteiger partial charge in [0.1, 0.15) is 0 Å². The summed E-state index contributed by atoms with van der Waals surface area (Å²) >= 11 is 0. The molecule has 4 saturated carbocycles. The number of Topliss-reactive ketones (excluding diaryl/α,β-unsaturated/α-hetero) is 1. The summed E-state index contributed by atoms with van der Waals surface area (Å²) in [4.78, 5) is 13.1. The number of rotatable bonds is 0. The minimum atomic E-state index is -1.22. The van der Waals surface area contributed by atoms with Crippen molar-refractivity contribution < 1.29 is 20.1 Å². The highest BCUT2D eigenvalue weighted by Gasteiger charge is 2.72. The summed E-state index contributed by atoms with van der Waals surface area (Å²) in [5.41, 5.74) is -1.99. The van der Waals surface area contributed by atoms with E-state index < -0.39 is 17.1 Å². The minimum Gasteiger partial charge on any atom is -0.393 e. The second kappa shape index (κ2) is 4.52. The van der Waals surface area contributed by atoms with Crippen molar-refractivity contribution in [1.29, 1.82) is 0 Å². The van der Waals surface area contributed by atoms with Crippen LogP contribution in [0.25, 0.3) is 0 Å². The maximum absolute atomic E-state index is 13.1. The number of ketones is 1. The van der Waals surface area contributed by atoms with Crippen LogP contribution in [0, 0.1) is 28.1 Å². The largest absolute Gasteiger partial charge is 0.393 e. The summed E-state index contributed by atoms with van der Waals surface area (Å²) in [7, 11) is 0. The van der Waals surface area contributed by atoms with Gasteiger partial charge in [0.15, 0.2) is 5.78 Å². The molecule has 0 aromatic rings. The predicted octanol–water partition coefficient (Wildman–Crippen LogP) is 2.21. The van der Waals surface area contributed by atoms with Crippen LogP contribution in [-0.2, 0) is 4.79 Å². The fraction of sp³-hybridized carbons (Fsp3) is 0.850. The lowest BCUT2D eigenvalue weighted by Crippen LogP contribution is -2.64. The third kappa shape index (κ3) is 1.68. The zero-order valence-corrected chi connectivity index (χ0v) is 15.0. The number of carbonyl (C=O) groups excluding carboxylic acids is 1. The molecule has 2 unspecified atom stereocenters. The summed E-state index contributed by atoms with van der Waals surface area (Å²) in [5, 5.41) is 32.4. The van der Waals surface area contributed by atoms with Crippen LogP contribution in [0.15, 0.2) is 12.2 Å². The molecule has 2 bridgehead atoms. The van der Waals surface area contributed by atoms with Crippen molar-refractivity contribution in [2.45, 2.75) is 77.1 Å².